The van der Waals surface area contributed by atoms with Gasteiger partial charge < -0.3 is 4.74 Å². The van der Waals surface area contributed by atoms with E-state index < -0.39 is 0 Å². The normalized spacial score (nSPS) is 10.7. The van der Waals surface area contributed by atoms with Gasteiger partial charge in [-0.1, -0.05) is 13.8 Å². The smallest absolute Gasteiger partial charge is 0.178 e. The first-order valence-electron chi connectivity index (χ1n) is 6.26. The van der Waals surface area contributed by atoms with Crippen molar-refractivity contribution in [1.29, 1.82) is 0 Å². The number of rotatable bonds is 5. The van der Waals surface area contributed by atoms with E-state index in [-0.39, 0.29) is 5.78 Å². The van der Waals surface area contributed by atoms with Crippen molar-refractivity contribution >= 4 is 17.1 Å². The molecule has 2 aromatic rings. The lowest BCUT2D eigenvalue weighted by molar-refractivity contribution is 0.101. The van der Waals surface area contributed by atoms with Crippen LogP contribution < -0.4 is 4.74 Å². The highest BCUT2D eigenvalue weighted by Gasteiger charge is 2.08. The summed E-state index contributed by atoms with van der Waals surface area (Å²) in [6.45, 7) is 6.48. The van der Waals surface area contributed by atoms with Crippen LogP contribution in [-0.4, -0.2) is 17.4 Å². The molecule has 1 heterocycles. The Kier molecular flexibility index (Phi) is 4.32. The van der Waals surface area contributed by atoms with Crippen LogP contribution >= 0.6 is 11.3 Å². The van der Waals surface area contributed by atoms with Gasteiger partial charge in [-0.2, -0.15) is 0 Å². The molecule has 19 heavy (non-hydrogen) atoms. The Balaban J connectivity index is 2.10. The molecule has 0 atom stereocenters. The summed E-state index contributed by atoms with van der Waals surface area (Å²) in [6.07, 6.45) is 0. The van der Waals surface area contributed by atoms with Crippen molar-refractivity contribution in [1.82, 2.24) is 4.98 Å². The van der Waals surface area contributed by atoms with Gasteiger partial charge in [-0.25, -0.2) is 4.98 Å². The van der Waals surface area contributed by atoms with Gasteiger partial charge in [-0.3, -0.25) is 4.79 Å². The van der Waals surface area contributed by atoms with Crippen LogP contribution in [0.3, 0.4) is 0 Å². The van der Waals surface area contributed by atoms with Crippen LogP contribution in [-0.2, 0) is 0 Å². The van der Waals surface area contributed by atoms with Gasteiger partial charge in [0.05, 0.1) is 6.61 Å². The fourth-order valence-corrected chi connectivity index (χ4v) is 2.39. The van der Waals surface area contributed by atoms with Gasteiger partial charge in [0.25, 0.3) is 0 Å². The lowest BCUT2D eigenvalue weighted by Crippen LogP contribution is -2.04. The van der Waals surface area contributed by atoms with E-state index in [1.807, 2.05) is 24.3 Å². The number of carbonyl (C=O) groups is 1. The molecule has 0 N–H and O–H groups in total. The third-order valence-electron chi connectivity index (χ3n) is 2.55. The highest BCUT2D eigenvalue weighted by molar-refractivity contribution is 7.13. The first kappa shape index (κ1) is 13.7. The third-order valence-corrected chi connectivity index (χ3v) is 3.44. The second-order valence-corrected chi connectivity index (χ2v) is 5.68. The van der Waals surface area contributed by atoms with Crippen molar-refractivity contribution in [2.24, 2.45) is 5.92 Å². The van der Waals surface area contributed by atoms with E-state index >= 15 is 0 Å². The summed E-state index contributed by atoms with van der Waals surface area (Å²) in [4.78, 5) is 15.5. The summed E-state index contributed by atoms with van der Waals surface area (Å²) in [6, 6.07) is 7.82. The van der Waals surface area contributed by atoms with Gasteiger partial charge in [0.1, 0.15) is 16.5 Å². The topological polar surface area (TPSA) is 39.2 Å². The average molecular weight is 275 g/mol. The largest absolute Gasteiger partial charge is 0.493 e. The molecule has 0 aliphatic rings. The molecule has 4 heteroatoms. The van der Waals surface area contributed by atoms with Gasteiger partial charge in [-0.05, 0) is 30.2 Å². The van der Waals surface area contributed by atoms with Gasteiger partial charge in [0.2, 0.25) is 0 Å². The van der Waals surface area contributed by atoms with E-state index in [1.54, 1.807) is 5.38 Å². The Hall–Kier alpha value is -1.68. The molecule has 0 radical (unpaired) electrons. The molecule has 0 aliphatic carbocycles. The molecule has 0 bridgehead atoms. The number of benzene rings is 1. The Labute approximate surface area is 117 Å². The molecule has 0 unspecified atom stereocenters. The predicted molar refractivity (Wildman–Crippen MR) is 77.9 cm³/mol. The molecule has 0 aliphatic heterocycles. The lowest BCUT2D eigenvalue weighted by Gasteiger charge is -2.08. The number of hydrogen-bond acceptors (Lipinski definition) is 4. The zero-order valence-electron chi connectivity index (χ0n) is 11.3. The van der Waals surface area contributed by atoms with E-state index in [4.69, 9.17) is 4.74 Å². The van der Waals surface area contributed by atoms with Gasteiger partial charge in [0.15, 0.2) is 5.78 Å². The molecule has 0 amide bonds. The van der Waals surface area contributed by atoms with Crippen molar-refractivity contribution in [2.75, 3.05) is 6.61 Å². The van der Waals surface area contributed by atoms with Crippen LogP contribution in [0.4, 0.5) is 0 Å². The number of carbonyl (C=O) groups excluding carboxylic acids is 1. The molecule has 1 aromatic heterocycles. The maximum absolute atomic E-state index is 11.2. The van der Waals surface area contributed by atoms with Crippen molar-refractivity contribution in [3.8, 4) is 16.3 Å². The van der Waals surface area contributed by atoms with Crippen molar-refractivity contribution in [2.45, 2.75) is 20.8 Å². The van der Waals surface area contributed by atoms with Gasteiger partial charge in [0, 0.05) is 17.9 Å². The van der Waals surface area contributed by atoms with Crippen LogP contribution in [0.25, 0.3) is 10.6 Å². The zero-order valence-corrected chi connectivity index (χ0v) is 12.2. The predicted octanol–water partition coefficient (Wildman–Crippen LogP) is 4.05. The van der Waals surface area contributed by atoms with Crippen LogP contribution in [0.2, 0.25) is 0 Å². The third kappa shape index (κ3) is 3.64. The maximum Gasteiger partial charge on any atom is 0.178 e. The number of Topliss-reactive ketones (excluding diaryl/α,β-unsaturated/α-hetero) is 1. The lowest BCUT2D eigenvalue weighted by atomic mass is 10.2. The van der Waals surface area contributed by atoms with E-state index in [0.717, 1.165) is 16.3 Å². The Morgan fingerprint density at radius 1 is 1.32 bits per heavy atom. The number of ether oxygens (including phenoxy) is 1. The monoisotopic (exact) mass is 275 g/mol. The second-order valence-electron chi connectivity index (χ2n) is 4.82. The number of hydrogen-bond donors (Lipinski definition) is 0. The fourth-order valence-electron chi connectivity index (χ4n) is 1.52. The standard InChI is InChI=1S/C15H17NO2S/c1-10(2)8-18-13-6-4-12(5-7-13)15-16-14(9-19-15)11(3)17/h4-7,9-10H,8H2,1-3H3. The summed E-state index contributed by atoms with van der Waals surface area (Å²) in [5.74, 6) is 1.37. The fraction of sp³-hybridized carbons (Fsp3) is 0.333. The first-order chi connectivity index (χ1) is 9.06. The Morgan fingerprint density at radius 3 is 2.53 bits per heavy atom. The molecule has 2 rings (SSSR count). The number of aromatic nitrogens is 1. The van der Waals surface area contributed by atoms with Crippen LogP contribution in [0.1, 0.15) is 31.3 Å². The average Bonchev–Trinajstić information content (AvgIpc) is 2.86. The maximum atomic E-state index is 11.2. The van der Waals surface area contributed by atoms with E-state index in [0.29, 0.717) is 18.2 Å². The minimum Gasteiger partial charge on any atom is -0.493 e. The van der Waals surface area contributed by atoms with Crippen molar-refractivity contribution in [3.63, 3.8) is 0 Å². The van der Waals surface area contributed by atoms with E-state index in [1.165, 1.54) is 18.3 Å². The summed E-state index contributed by atoms with van der Waals surface area (Å²) in [5.41, 5.74) is 1.54. The van der Waals surface area contributed by atoms with Gasteiger partial charge in [-0.15, -0.1) is 11.3 Å². The van der Waals surface area contributed by atoms with Crippen molar-refractivity contribution < 1.29 is 9.53 Å². The second kappa shape index (κ2) is 5.97. The minimum absolute atomic E-state index is 0.000568. The molecule has 3 nitrogen and oxygen atoms in total. The Bertz CT molecular complexity index is 558. The summed E-state index contributed by atoms with van der Waals surface area (Å²) >= 11 is 1.48. The molecular formula is C15H17NO2S. The number of nitrogens with zero attached hydrogens (tertiary/aromatic N) is 1. The van der Waals surface area contributed by atoms with E-state index in [2.05, 4.69) is 18.8 Å². The summed E-state index contributed by atoms with van der Waals surface area (Å²) in [5, 5.41) is 2.65. The molecular weight excluding hydrogens is 258 g/mol. The van der Waals surface area contributed by atoms with Crippen molar-refractivity contribution in [3.05, 3.63) is 35.3 Å². The SMILES string of the molecule is CC(=O)c1csc(-c2ccc(OCC(C)C)cc2)n1. The molecule has 0 spiro atoms. The van der Waals surface area contributed by atoms with E-state index in [9.17, 15) is 4.79 Å². The highest BCUT2D eigenvalue weighted by Crippen LogP contribution is 2.26. The minimum atomic E-state index is -0.000568. The number of thiazole rings is 1. The summed E-state index contributed by atoms with van der Waals surface area (Å²) < 4.78 is 5.63. The van der Waals surface area contributed by atoms with Gasteiger partial charge >= 0.3 is 0 Å². The highest BCUT2D eigenvalue weighted by atomic mass is 32.1. The molecule has 0 saturated heterocycles. The molecule has 1 aromatic carbocycles. The molecule has 100 valence electrons. The van der Waals surface area contributed by atoms with Crippen LogP contribution in [0, 0.1) is 5.92 Å². The number of ketones is 1. The Morgan fingerprint density at radius 2 is 2.00 bits per heavy atom. The zero-order chi connectivity index (χ0) is 13.8. The first-order valence-corrected chi connectivity index (χ1v) is 7.14. The molecule has 0 saturated carbocycles. The van der Waals surface area contributed by atoms with Crippen LogP contribution in [0.5, 0.6) is 5.75 Å². The van der Waals surface area contributed by atoms with Crippen LogP contribution in [0.15, 0.2) is 29.6 Å². The summed E-state index contributed by atoms with van der Waals surface area (Å²) in [7, 11) is 0. The molecule has 0 fully saturated rings. The quantitative estimate of drug-likeness (QED) is 0.773.